The highest BCUT2D eigenvalue weighted by Gasteiger charge is 2.25. The molecule has 0 atom stereocenters. The van der Waals surface area contributed by atoms with Gasteiger partial charge in [-0.1, -0.05) is 19.1 Å². The highest BCUT2D eigenvalue weighted by molar-refractivity contribution is 5.27. The zero-order valence-corrected chi connectivity index (χ0v) is 11.1. The fourth-order valence-corrected chi connectivity index (χ4v) is 1.62. The lowest BCUT2D eigenvalue weighted by Gasteiger charge is -2.29. The van der Waals surface area contributed by atoms with Crippen LogP contribution in [0.15, 0.2) is 24.3 Å². The van der Waals surface area contributed by atoms with E-state index in [4.69, 9.17) is 10.00 Å². The molecule has 0 aliphatic heterocycles. The number of hydrogen-bond donors (Lipinski definition) is 3. The molecular formula is C14H20N2O3. The van der Waals surface area contributed by atoms with Gasteiger partial charge in [-0.25, -0.2) is 0 Å². The molecule has 0 aliphatic carbocycles. The predicted molar refractivity (Wildman–Crippen MR) is 71.6 cm³/mol. The first-order chi connectivity index (χ1) is 9.19. The van der Waals surface area contributed by atoms with E-state index in [2.05, 4.69) is 5.32 Å². The van der Waals surface area contributed by atoms with Crippen LogP contribution in [-0.2, 0) is 6.54 Å². The Morgan fingerprint density at radius 2 is 1.89 bits per heavy atom. The van der Waals surface area contributed by atoms with Crippen molar-refractivity contribution >= 4 is 0 Å². The van der Waals surface area contributed by atoms with Crippen molar-refractivity contribution < 1.29 is 14.9 Å². The molecule has 0 aromatic heterocycles. The number of ether oxygens (including phenoxy) is 1. The van der Waals surface area contributed by atoms with Crippen molar-refractivity contribution in [2.45, 2.75) is 25.4 Å². The first-order valence-electron chi connectivity index (χ1n) is 6.25. The summed E-state index contributed by atoms with van der Waals surface area (Å²) in [4.78, 5) is 0. The fourth-order valence-electron chi connectivity index (χ4n) is 1.62. The molecule has 0 spiro atoms. The number of nitrogens with zero attached hydrogens (tertiary/aromatic N) is 1. The van der Waals surface area contributed by atoms with Crippen LogP contribution in [-0.4, -0.2) is 35.6 Å². The van der Waals surface area contributed by atoms with Gasteiger partial charge < -0.3 is 20.3 Å². The highest BCUT2D eigenvalue weighted by Crippen LogP contribution is 2.14. The Labute approximate surface area is 113 Å². The Morgan fingerprint density at radius 3 is 2.37 bits per heavy atom. The van der Waals surface area contributed by atoms with Crippen molar-refractivity contribution in [3.05, 3.63) is 29.8 Å². The lowest BCUT2D eigenvalue weighted by atomic mass is 9.98. The molecule has 0 fully saturated rings. The van der Waals surface area contributed by atoms with Crippen LogP contribution >= 0.6 is 0 Å². The topological polar surface area (TPSA) is 85.5 Å². The first-order valence-corrected chi connectivity index (χ1v) is 6.25. The van der Waals surface area contributed by atoms with Gasteiger partial charge in [0, 0.05) is 6.54 Å². The Balaban J connectivity index is 2.56. The van der Waals surface area contributed by atoms with Crippen LogP contribution in [0.5, 0.6) is 5.75 Å². The number of rotatable bonds is 8. The van der Waals surface area contributed by atoms with Gasteiger partial charge in [-0.05, 0) is 24.1 Å². The third-order valence-corrected chi connectivity index (χ3v) is 3.18. The second kappa shape index (κ2) is 7.74. The molecule has 3 N–H and O–H groups in total. The van der Waals surface area contributed by atoms with Gasteiger partial charge in [-0.15, -0.1) is 0 Å². The summed E-state index contributed by atoms with van der Waals surface area (Å²) in [6, 6.07) is 9.26. The van der Waals surface area contributed by atoms with Crippen molar-refractivity contribution in [3.63, 3.8) is 0 Å². The van der Waals surface area contributed by atoms with Crippen molar-refractivity contribution in [1.82, 2.24) is 5.32 Å². The summed E-state index contributed by atoms with van der Waals surface area (Å²) in [5, 5.41) is 30.2. The minimum atomic E-state index is -0.643. The average molecular weight is 264 g/mol. The van der Waals surface area contributed by atoms with E-state index in [1.54, 1.807) is 12.1 Å². The maximum Gasteiger partial charge on any atom is 0.174 e. The molecule has 1 rings (SSSR count). The second-order valence-electron chi connectivity index (χ2n) is 4.39. The average Bonchev–Trinajstić information content (AvgIpc) is 2.48. The summed E-state index contributed by atoms with van der Waals surface area (Å²) >= 11 is 0. The smallest absolute Gasteiger partial charge is 0.174 e. The van der Waals surface area contributed by atoms with E-state index in [1.165, 1.54) is 0 Å². The van der Waals surface area contributed by atoms with E-state index in [1.807, 2.05) is 25.1 Å². The molecule has 5 heteroatoms. The number of aliphatic hydroxyl groups is 2. The Morgan fingerprint density at radius 1 is 1.26 bits per heavy atom. The van der Waals surface area contributed by atoms with Crippen LogP contribution in [0.4, 0.5) is 0 Å². The molecule has 19 heavy (non-hydrogen) atoms. The minimum Gasteiger partial charge on any atom is -0.479 e. The van der Waals surface area contributed by atoms with E-state index in [-0.39, 0.29) is 19.8 Å². The van der Waals surface area contributed by atoms with Gasteiger partial charge in [0.25, 0.3) is 0 Å². The molecule has 0 amide bonds. The van der Waals surface area contributed by atoms with Crippen LogP contribution in [0.3, 0.4) is 0 Å². The van der Waals surface area contributed by atoms with E-state index < -0.39 is 5.54 Å². The molecular weight excluding hydrogens is 244 g/mol. The zero-order chi connectivity index (χ0) is 14.1. The lowest BCUT2D eigenvalue weighted by molar-refractivity contribution is 0.0864. The molecule has 0 heterocycles. The minimum absolute atomic E-state index is 0.0333. The summed E-state index contributed by atoms with van der Waals surface area (Å²) in [6.45, 7) is 2.28. The molecule has 0 saturated heterocycles. The summed E-state index contributed by atoms with van der Waals surface area (Å²) in [5.41, 5.74) is 0.375. The molecule has 0 unspecified atom stereocenters. The zero-order valence-electron chi connectivity index (χ0n) is 11.1. The van der Waals surface area contributed by atoms with E-state index in [9.17, 15) is 10.2 Å². The number of benzene rings is 1. The van der Waals surface area contributed by atoms with E-state index in [0.29, 0.717) is 18.7 Å². The third kappa shape index (κ3) is 4.52. The van der Waals surface area contributed by atoms with E-state index in [0.717, 1.165) is 5.56 Å². The standard InChI is InChI=1S/C14H20N2O3/c1-2-14(10-17,11-18)16-9-12-3-5-13(6-4-12)19-8-7-15/h3-6,16-18H,2,8-11H2,1H3. The molecule has 5 nitrogen and oxygen atoms in total. The monoisotopic (exact) mass is 264 g/mol. The SMILES string of the molecule is CCC(CO)(CO)NCc1ccc(OCC#N)cc1. The second-order valence-corrected chi connectivity index (χ2v) is 4.39. The molecule has 0 aliphatic rings. The van der Waals surface area contributed by atoms with Crippen molar-refractivity contribution in [3.8, 4) is 11.8 Å². The van der Waals surface area contributed by atoms with Crippen LogP contribution in [0.1, 0.15) is 18.9 Å². The quantitative estimate of drug-likeness (QED) is 0.647. The van der Waals surface area contributed by atoms with Gasteiger partial charge in [0.15, 0.2) is 6.61 Å². The first kappa shape index (κ1) is 15.4. The fraction of sp³-hybridized carbons (Fsp3) is 0.500. The molecule has 0 radical (unpaired) electrons. The molecule has 104 valence electrons. The highest BCUT2D eigenvalue weighted by atomic mass is 16.5. The summed E-state index contributed by atoms with van der Waals surface area (Å²) < 4.78 is 5.16. The summed E-state index contributed by atoms with van der Waals surface area (Å²) in [5.74, 6) is 0.649. The largest absolute Gasteiger partial charge is 0.479 e. The number of nitriles is 1. The van der Waals surface area contributed by atoms with Crippen molar-refractivity contribution in [2.24, 2.45) is 0 Å². The van der Waals surface area contributed by atoms with Gasteiger partial charge in [-0.2, -0.15) is 5.26 Å². The van der Waals surface area contributed by atoms with Crippen LogP contribution in [0, 0.1) is 11.3 Å². The normalized spacial score (nSPS) is 11.1. The number of nitrogens with one attached hydrogen (secondary N) is 1. The van der Waals surface area contributed by atoms with Crippen LogP contribution in [0.25, 0.3) is 0 Å². The summed E-state index contributed by atoms with van der Waals surface area (Å²) in [6.07, 6.45) is 0.642. The van der Waals surface area contributed by atoms with Gasteiger partial charge in [-0.3, -0.25) is 0 Å². The lowest BCUT2D eigenvalue weighted by Crippen LogP contribution is -2.50. The number of aliphatic hydroxyl groups excluding tert-OH is 2. The van der Waals surface area contributed by atoms with Gasteiger partial charge in [0.2, 0.25) is 0 Å². The molecule has 0 bridgehead atoms. The van der Waals surface area contributed by atoms with Crippen molar-refractivity contribution in [2.75, 3.05) is 19.8 Å². The van der Waals surface area contributed by atoms with Gasteiger partial charge >= 0.3 is 0 Å². The Kier molecular flexibility index (Phi) is 6.30. The maximum atomic E-state index is 9.32. The predicted octanol–water partition coefficient (Wildman–Crippen LogP) is 0.812. The Hall–Kier alpha value is -1.61. The van der Waals surface area contributed by atoms with Crippen molar-refractivity contribution in [1.29, 1.82) is 5.26 Å². The van der Waals surface area contributed by atoms with Crippen LogP contribution in [0.2, 0.25) is 0 Å². The molecule has 1 aromatic rings. The molecule has 0 saturated carbocycles. The maximum absolute atomic E-state index is 9.32. The van der Waals surface area contributed by atoms with Gasteiger partial charge in [0.1, 0.15) is 11.8 Å². The van der Waals surface area contributed by atoms with Gasteiger partial charge in [0.05, 0.1) is 18.8 Å². The van der Waals surface area contributed by atoms with E-state index >= 15 is 0 Å². The Bertz CT molecular complexity index is 399. The summed E-state index contributed by atoms with van der Waals surface area (Å²) in [7, 11) is 0. The molecule has 1 aromatic carbocycles. The third-order valence-electron chi connectivity index (χ3n) is 3.18. The van der Waals surface area contributed by atoms with Crippen LogP contribution < -0.4 is 10.1 Å². The number of hydrogen-bond acceptors (Lipinski definition) is 5.